The summed E-state index contributed by atoms with van der Waals surface area (Å²) < 4.78 is 12.0. The average Bonchev–Trinajstić information content (AvgIpc) is 3.63. The highest BCUT2D eigenvalue weighted by molar-refractivity contribution is 6.10. The molecule has 266 valence electrons. The Bertz CT molecular complexity index is 2140. The van der Waals surface area contributed by atoms with E-state index < -0.39 is 5.60 Å². The van der Waals surface area contributed by atoms with Gasteiger partial charge in [-0.25, -0.2) is 19.9 Å². The zero-order valence-corrected chi connectivity index (χ0v) is 29.4. The van der Waals surface area contributed by atoms with Gasteiger partial charge in [-0.05, 0) is 57.2 Å². The van der Waals surface area contributed by atoms with Crippen molar-refractivity contribution in [3.8, 4) is 11.8 Å². The van der Waals surface area contributed by atoms with Crippen molar-refractivity contribution in [3.63, 3.8) is 0 Å². The Hall–Kier alpha value is -6.44. The van der Waals surface area contributed by atoms with Gasteiger partial charge in [0.15, 0.2) is 0 Å². The molecule has 2 amide bonds. The summed E-state index contributed by atoms with van der Waals surface area (Å²) in [6, 6.07) is 14.1. The van der Waals surface area contributed by atoms with Gasteiger partial charge < -0.3 is 31.6 Å². The van der Waals surface area contributed by atoms with Gasteiger partial charge in [0, 0.05) is 92.4 Å². The zero-order valence-electron chi connectivity index (χ0n) is 29.4. The summed E-state index contributed by atoms with van der Waals surface area (Å²) >= 11 is 0. The van der Waals surface area contributed by atoms with Crippen LogP contribution in [0.15, 0.2) is 83.3 Å². The molecule has 14 nitrogen and oxygen atoms in total. The number of aromatic nitrogens is 4. The number of ether oxygens (including phenoxy) is 2. The van der Waals surface area contributed by atoms with E-state index in [1.807, 2.05) is 20.8 Å². The minimum atomic E-state index is -0.577. The summed E-state index contributed by atoms with van der Waals surface area (Å²) in [5.74, 6) is 1.09. The molecule has 0 radical (unpaired) electrons. The first-order valence-corrected chi connectivity index (χ1v) is 16.7. The number of hydrogen-bond donors (Lipinski definition) is 4. The van der Waals surface area contributed by atoms with Crippen molar-refractivity contribution >= 4 is 47.0 Å². The molecule has 0 fully saturated rings. The predicted octanol–water partition coefficient (Wildman–Crippen LogP) is 4.64. The Labute approximate surface area is 301 Å². The third-order valence-electron chi connectivity index (χ3n) is 8.47. The van der Waals surface area contributed by atoms with Gasteiger partial charge in [-0.1, -0.05) is 12.1 Å². The minimum Gasteiger partial charge on any atom is -0.471 e. The molecule has 0 saturated heterocycles. The number of nitrogens with one attached hydrogen (secondary N) is 2. The summed E-state index contributed by atoms with van der Waals surface area (Å²) in [5.41, 5.74) is 15.6. The van der Waals surface area contributed by atoms with E-state index in [1.54, 1.807) is 68.0 Å². The van der Waals surface area contributed by atoms with Crippen molar-refractivity contribution < 1.29 is 19.1 Å². The molecule has 6 rings (SSSR count). The topological polar surface area (TPSA) is 205 Å². The van der Waals surface area contributed by atoms with Crippen LogP contribution < -0.4 is 31.6 Å². The lowest BCUT2D eigenvalue weighted by Gasteiger charge is -2.22. The van der Waals surface area contributed by atoms with Crippen LogP contribution in [-0.4, -0.2) is 69.0 Å². The first kappa shape index (κ1) is 35.4. The molecular formula is C38H40N10O4. The lowest BCUT2D eigenvalue weighted by molar-refractivity contribution is 0.101. The Morgan fingerprint density at radius 3 is 1.90 bits per heavy atom. The highest BCUT2D eigenvalue weighted by Gasteiger charge is 2.36. The normalized spacial score (nSPS) is 17.8. The number of amides is 2. The quantitative estimate of drug-likeness (QED) is 0.160. The molecule has 4 aromatic heterocycles. The molecule has 2 aliphatic rings. The van der Waals surface area contributed by atoms with Crippen LogP contribution in [0.2, 0.25) is 0 Å². The summed E-state index contributed by atoms with van der Waals surface area (Å²) in [6.45, 7) is 6.38. The van der Waals surface area contributed by atoms with Crippen LogP contribution in [-0.2, 0) is 12.8 Å². The van der Waals surface area contributed by atoms with E-state index >= 15 is 0 Å². The molecule has 4 aromatic rings. The van der Waals surface area contributed by atoms with Gasteiger partial charge in [-0.3, -0.25) is 19.6 Å². The van der Waals surface area contributed by atoms with Crippen LogP contribution in [0, 0.1) is 0 Å². The number of rotatable bonds is 11. The molecule has 52 heavy (non-hydrogen) atoms. The first-order chi connectivity index (χ1) is 25.0. The standard InChI is InChI=1S/C38H40N10O4/c1-37(2)15-23-13-25(21-43-35(23)51-37)33(49)48-32-10-6-8-30(46-32)28(18-40)20-42-12-11-38(3)16-24-14-26(22-44-36(24)52-38)34(50)47-31-9-5-7-29(45-31)27(17-39)19-41-4/h5-10,13-14,17-22H,11-12,15-16,39-40H2,1-4H3,(H,45,47,50)(H,46,48,49). The van der Waals surface area contributed by atoms with Gasteiger partial charge in [0.05, 0.1) is 22.5 Å². The zero-order chi connectivity index (χ0) is 36.9. The molecule has 6 N–H and O–H groups in total. The van der Waals surface area contributed by atoms with E-state index in [1.165, 1.54) is 24.8 Å². The van der Waals surface area contributed by atoms with E-state index in [9.17, 15) is 9.59 Å². The van der Waals surface area contributed by atoms with E-state index in [0.29, 0.717) is 82.9 Å². The fourth-order valence-electron chi connectivity index (χ4n) is 5.95. The smallest absolute Gasteiger partial charge is 0.258 e. The number of nitrogens with two attached hydrogens (primary N) is 2. The van der Waals surface area contributed by atoms with E-state index in [0.717, 1.165) is 11.1 Å². The molecule has 6 heterocycles. The van der Waals surface area contributed by atoms with Crippen molar-refractivity contribution in [2.45, 2.75) is 51.2 Å². The SMILES string of the molecule is CN=CC(=CN)c1cccc(NC(=O)c2cnc3c(c2)CC(C)(CCN=CC(=CN)c2cccc(NC(=O)c4cnc5c(c4)CC(C)(C)O5)n2)O3)n1. The van der Waals surface area contributed by atoms with E-state index in [-0.39, 0.29) is 17.4 Å². The monoisotopic (exact) mass is 700 g/mol. The second kappa shape index (κ2) is 14.8. The number of pyridine rings is 4. The number of hydrogen-bond acceptors (Lipinski definition) is 12. The average molecular weight is 701 g/mol. The largest absolute Gasteiger partial charge is 0.471 e. The molecule has 1 atom stereocenters. The van der Waals surface area contributed by atoms with E-state index in [4.69, 9.17) is 20.9 Å². The van der Waals surface area contributed by atoms with Crippen LogP contribution in [0.3, 0.4) is 0 Å². The number of anilines is 2. The van der Waals surface area contributed by atoms with Gasteiger partial charge in [0.1, 0.15) is 22.8 Å². The Balaban J connectivity index is 1.03. The summed E-state index contributed by atoms with van der Waals surface area (Å²) in [5, 5.41) is 5.66. The van der Waals surface area contributed by atoms with Gasteiger partial charge in [-0.15, -0.1) is 0 Å². The van der Waals surface area contributed by atoms with Crippen molar-refractivity contribution in [1.82, 2.24) is 19.9 Å². The minimum absolute atomic E-state index is 0.329. The molecule has 0 aromatic carbocycles. The van der Waals surface area contributed by atoms with Gasteiger partial charge >= 0.3 is 0 Å². The second-order valence-corrected chi connectivity index (χ2v) is 13.3. The maximum absolute atomic E-state index is 13.1. The number of fused-ring (bicyclic) bond motifs is 2. The third kappa shape index (κ3) is 8.12. The number of carbonyl (C=O) groups is 2. The molecule has 0 spiro atoms. The van der Waals surface area contributed by atoms with Crippen molar-refractivity contribution in [2.75, 3.05) is 24.2 Å². The molecule has 2 aliphatic heterocycles. The van der Waals surface area contributed by atoms with Crippen molar-refractivity contribution in [2.24, 2.45) is 21.5 Å². The van der Waals surface area contributed by atoms with Crippen LogP contribution >= 0.6 is 0 Å². The second-order valence-electron chi connectivity index (χ2n) is 13.3. The number of carbonyl (C=O) groups excluding carboxylic acids is 2. The molecule has 0 bridgehead atoms. The molecule has 0 saturated carbocycles. The lowest BCUT2D eigenvalue weighted by Crippen LogP contribution is -2.31. The summed E-state index contributed by atoms with van der Waals surface area (Å²) in [6.07, 6.45) is 10.9. The van der Waals surface area contributed by atoms with Crippen LogP contribution in [0.4, 0.5) is 11.6 Å². The highest BCUT2D eigenvalue weighted by Crippen LogP contribution is 2.36. The third-order valence-corrected chi connectivity index (χ3v) is 8.47. The molecule has 14 heteroatoms. The van der Waals surface area contributed by atoms with Crippen LogP contribution in [0.5, 0.6) is 11.8 Å². The van der Waals surface area contributed by atoms with Crippen molar-refractivity contribution in [1.29, 1.82) is 0 Å². The van der Waals surface area contributed by atoms with Gasteiger partial charge in [-0.2, -0.15) is 0 Å². The highest BCUT2D eigenvalue weighted by atomic mass is 16.5. The molecule has 0 aliphatic carbocycles. The summed E-state index contributed by atoms with van der Waals surface area (Å²) in [4.78, 5) is 52.5. The number of aliphatic imine (C=N–C) groups is 2. The summed E-state index contributed by atoms with van der Waals surface area (Å²) in [7, 11) is 1.64. The predicted molar refractivity (Wildman–Crippen MR) is 201 cm³/mol. The Morgan fingerprint density at radius 1 is 0.808 bits per heavy atom. The first-order valence-electron chi connectivity index (χ1n) is 16.7. The van der Waals surface area contributed by atoms with Gasteiger partial charge in [0.2, 0.25) is 11.8 Å². The van der Waals surface area contributed by atoms with Crippen LogP contribution in [0.25, 0.3) is 11.1 Å². The van der Waals surface area contributed by atoms with Gasteiger partial charge in [0.25, 0.3) is 11.8 Å². The molecular weight excluding hydrogens is 660 g/mol. The maximum atomic E-state index is 13.1. The van der Waals surface area contributed by atoms with E-state index in [2.05, 4.69) is 40.6 Å². The fraction of sp³-hybridized carbons (Fsp3) is 0.263. The Kier molecular flexibility index (Phi) is 10.1. The lowest BCUT2D eigenvalue weighted by atomic mass is 9.95. The Morgan fingerprint density at radius 2 is 1.35 bits per heavy atom. The molecule has 1 unspecified atom stereocenters. The fourth-order valence-corrected chi connectivity index (χ4v) is 5.95. The number of nitrogens with zero attached hydrogens (tertiary/aromatic N) is 6. The van der Waals surface area contributed by atoms with Crippen molar-refractivity contribution in [3.05, 3.63) is 107 Å². The van der Waals surface area contributed by atoms with Crippen LogP contribution in [0.1, 0.15) is 70.4 Å². The maximum Gasteiger partial charge on any atom is 0.258 e. The number of allylic oxidation sites excluding steroid dienone is 2.